The maximum absolute atomic E-state index is 11.7. The summed E-state index contributed by atoms with van der Waals surface area (Å²) in [5.74, 6) is -1.46. The number of halogens is 1. The van der Waals surface area contributed by atoms with Crippen LogP contribution in [-0.4, -0.2) is 34.5 Å². The smallest absolute Gasteiger partial charge is 0.355 e. The molecule has 0 saturated heterocycles. The second-order valence-corrected chi connectivity index (χ2v) is 5.91. The number of aromatic nitrogens is 1. The van der Waals surface area contributed by atoms with Crippen LogP contribution in [0.1, 0.15) is 38.2 Å². The summed E-state index contributed by atoms with van der Waals surface area (Å²) >= 11 is 5.66. The molecule has 0 aromatic carbocycles. The highest BCUT2D eigenvalue weighted by Crippen LogP contribution is 2.11. The Labute approximate surface area is 127 Å². The molecule has 0 fully saturated rings. The van der Waals surface area contributed by atoms with Gasteiger partial charge < -0.3 is 15.0 Å². The van der Waals surface area contributed by atoms with Crippen LogP contribution in [0.25, 0.3) is 0 Å². The van der Waals surface area contributed by atoms with E-state index in [1.165, 1.54) is 19.2 Å². The van der Waals surface area contributed by atoms with Gasteiger partial charge in [0.25, 0.3) is 5.91 Å². The van der Waals surface area contributed by atoms with Crippen LogP contribution in [0, 0.1) is 0 Å². The van der Waals surface area contributed by atoms with Crippen LogP contribution in [0.4, 0.5) is 4.79 Å². The number of urea groups is 1. The minimum Gasteiger partial charge on any atom is -0.448 e. The van der Waals surface area contributed by atoms with Gasteiger partial charge in [-0.15, -0.1) is 0 Å². The molecule has 1 heterocycles. The first-order valence-electron chi connectivity index (χ1n) is 6.26. The number of amides is 3. The van der Waals surface area contributed by atoms with Crippen molar-refractivity contribution in [3.8, 4) is 0 Å². The number of nitrogens with one attached hydrogen (secondary N) is 3. The molecule has 3 N–H and O–H groups in total. The Kier molecular flexibility index (Phi) is 5.37. The Morgan fingerprint density at radius 3 is 2.43 bits per heavy atom. The summed E-state index contributed by atoms with van der Waals surface area (Å²) in [4.78, 5) is 37.6. The van der Waals surface area contributed by atoms with E-state index in [0.29, 0.717) is 5.02 Å². The monoisotopic (exact) mass is 315 g/mol. The van der Waals surface area contributed by atoms with Gasteiger partial charge >= 0.3 is 12.0 Å². The van der Waals surface area contributed by atoms with E-state index in [4.69, 9.17) is 16.3 Å². The van der Waals surface area contributed by atoms with E-state index in [1.54, 1.807) is 20.8 Å². The lowest BCUT2D eigenvalue weighted by Crippen LogP contribution is -2.50. The van der Waals surface area contributed by atoms with Crippen molar-refractivity contribution < 1.29 is 19.1 Å². The molecular formula is C13H18ClN3O4. The van der Waals surface area contributed by atoms with Gasteiger partial charge in [-0.3, -0.25) is 10.1 Å². The number of carbonyl (C=O) groups is 3. The number of carbonyl (C=O) groups excluding carboxylic acids is 3. The third-order valence-electron chi connectivity index (χ3n) is 2.25. The van der Waals surface area contributed by atoms with Gasteiger partial charge in [0.15, 0.2) is 6.10 Å². The zero-order valence-corrected chi connectivity index (χ0v) is 13.0. The molecule has 8 heteroatoms. The number of aromatic amines is 1. The predicted molar refractivity (Wildman–Crippen MR) is 77.1 cm³/mol. The van der Waals surface area contributed by atoms with E-state index in [-0.39, 0.29) is 5.69 Å². The number of esters is 1. The van der Waals surface area contributed by atoms with Gasteiger partial charge in [0.2, 0.25) is 0 Å². The Morgan fingerprint density at radius 1 is 1.33 bits per heavy atom. The lowest BCUT2D eigenvalue weighted by Gasteiger charge is -2.21. The molecule has 1 atom stereocenters. The first-order chi connectivity index (χ1) is 9.58. The van der Waals surface area contributed by atoms with Gasteiger partial charge in [-0.1, -0.05) is 11.6 Å². The van der Waals surface area contributed by atoms with Crippen LogP contribution in [0.3, 0.4) is 0 Å². The lowest BCUT2D eigenvalue weighted by atomic mass is 10.1. The van der Waals surface area contributed by atoms with Crippen LogP contribution in [-0.2, 0) is 9.53 Å². The van der Waals surface area contributed by atoms with Crippen molar-refractivity contribution in [1.82, 2.24) is 15.6 Å². The highest BCUT2D eigenvalue weighted by atomic mass is 35.5. The number of H-pyrrole nitrogens is 1. The maximum atomic E-state index is 11.7. The van der Waals surface area contributed by atoms with E-state index in [2.05, 4.69) is 15.6 Å². The van der Waals surface area contributed by atoms with Crippen molar-refractivity contribution in [2.75, 3.05) is 0 Å². The van der Waals surface area contributed by atoms with Gasteiger partial charge in [-0.2, -0.15) is 0 Å². The molecule has 0 bridgehead atoms. The largest absolute Gasteiger partial charge is 0.448 e. The van der Waals surface area contributed by atoms with Crippen LogP contribution in [0.2, 0.25) is 5.02 Å². The molecule has 21 heavy (non-hydrogen) atoms. The first-order valence-corrected chi connectivity index (χ1v) is 6.64. The average molecular weight is 316 g/mol. The number of hydrogen-bond acceptors (Lipinski definition) is 4. The SMILES string of the molecule is CC(OC(=O)c1cc(Cl)c[nH]1)C(=O)NC(=O)NC(C)(C)C. The molecule has 1 unspecified atom stereocenters. The molecule has 0 spiro atoms. The minimum atomic E-state index is -1.12. The topological polar surface area (TPSA) is 100 Å². The number of imide groups is 1. The molecular weight excluding hydrogens is 298 g/mol. The predicted octanol–water partition coefficient (Wildman–Crippen LogP) is 1.84. The molecule has 7 nitrogen and oxygen atoms in total. The third kappa shape index (κ3) is 5.86. The highest BCUT2D eigenvalue weighted by molar-refractivity contribution is 6.30. The summed E-state index contributed by atoms with van der Waals surface area (Å²) in [7, 11) is 0. The second kappa shape index (κ2) is 6.62. The molecule has 1 aromatic rings. The number of hydrogen-bond donors (Lipinski definition) is 3. The fraction of sp³-hybridized carbons (Fsp3) is 0.462. The summed E-state index contributed by atoms with van der Waals surface area (Å²) < 4.78 is 4.92. The van der Waals surface area contributed by atoms with Crippen LogP contribution in [0.5, 0.6) is 0 Å². The van der Waals surface area contributed by atoms with Crippen molar-refractivity contribution in [3.63, 3.8) is 0 Å². The van der Waals surface area contributed by atoms with Gasteiger partial charge in [-0.25, -0.2) is 9.59 Å². The number of ether oxygens (including phenoxy) is 1. The van der Waals surface area contributed by atoms with E-state index in [1.807, 2.05) is 0 Å². The first kappa shape index (κ1) is 17.0. The molecule has 0 aliphatic rings. The van der Waals surface area contributed by atoms with Gasteiger partial charge in [0.1, 0.15) is 5.69 Å². The normalized spacial score (nSPS) is 12.4. The second-order valence-electron chi connectivity index (χ2n) is 5.47. The maximum Gasteiger partial charge on any atom is 0.355 e. The molecule has 1 aromatic heterocycles. The Hall–Kier alpha value is -2.02. The summed E-state index contributed by atoms with van der Waals surface area (Å²) in [5, 5.41) is 5.00. The fourth-order valence-electron chi connectivity index (χ4n) is 1.35. The van der Waals surface area contributed by atoms with Crippen molar-refractivity contribution in [2.24, 2.45) is 0 Å². The Morgan fingerprint density at radius 2 is 1.95 bits per heavy atom. The summed E-state index contributed by atoms with van der Waals surface area (Å²) in [5.41, 5.74) is -0.357. The van der Waals surface area contributed by atoms with Gasteiger partial charge in [0, 0.05) is 11.7 Å². The molecule has 1 rings (SSSR count). The van der Waals surface area contributed by atoms with Crippen molar-refractivity contribution in [3.05, 3.63) is 23.0 Å². The molecule has 0 radical (unpaired) electrons. The van der Waals surface area contributed by atoms with Crippen LogP contribution in [0.15, 0.2) is 12.3 Å². The summed E-state index contributed by atoms with van der Waals surface area (Å²) in [6.45, 7) is 6.68. The van der Waals surface area contributed by atoms with Crippen molar-refractivity contribution >= 4 is 29.5 Å². The zero-order valence-electron chi connectivity index (χ0n) is 12.2. The zero-order chi connectivity index (χ0) is 16.2. The van der Waals surface area contributed by atoms with Crippen molar-refractivity contribution in [1.29, 1.82) is 0 Å². The molecule has 0 aliphatic heterocycles. The number of rotatable bonds is 3. The Bertz CT molecular complexity index is 548. The molecule has 3 amide bonds. The third-order valence-corrected chi connectivity index (χ3v) is 2.46. The van der Waals surface area contributed by atoms with Crippen molar-refractivity contribution in [2.45, 2.75) is 39.3 Å². The fourth-order valence-corrected chi connectivity index (χ4v) is 1.51. The quantitative estimate of drug-likeness (QED) is 0.741. The lowest BCUT2D eigenvalue weighted by molar-refractivity contribution is -0.127. The van der Waals surface area contributed by atoms with E-state index >= 15 is 0 Å². The standard InChI is InChI=1S/C13H18ClN3O4/c1-7(10(18)16-12(20)17-13(2,3)4)21-11(19)9-5-8(14)6-15-9/h5-7,15H,1-4H3,(H2,16,17,18,20). The molecule has 116 valence electrons. The van der Waals surface area contributed by atoms with E-state index < -0.39 is 29.6 Å². The minimum absolute atomic E-state index is 0.124. The van der Waals surface area contributed by atoms with E-state index in [9.17, 15) is 14.4 Å². The summed E-state index contributed by atoms with van der Waals surface area (Å²) in [6.07, 6.45) is 0.296. The molecule has 0 saturated carbocycles. The highest BCUT2D eigenvalue weighted by Gasteiger charge is 2.23. The molecule has 0 aliphatic carbocycles. The average Bonchev–Trinajstić information content (AvgIpc) is 2.73. The van der Waals surface area contributed by atoms with Gasteiger partial charge in [0.05, 0.1) is 5.02 Å². The van der Waals surface area contributed by atoms with Gasteiger partial charge in [-0.05, 0) is 33.8 Å². The van der Waals surface area contributed by atoms with Crippen LogP contribution >= 0.6 is 11.6 Å². The Balaban J connectivity index is 2.51. The summed E-state index contributed by atoms with van der Waals surface area (Å²) in [6, 6.07) is 0.721. The van der Waals surface area contributed by atoms with E-state index in [0.717, 1.165) is 0 Å². The van der Waals surface area contributed by atoms with Crippen LogP contribution < -0.4 is 10.6 Å².